The summed E-state index contributed by atoms with van der Waals surface area (Å²) in [6.45, 7) is 5.49. The Hall–Kier alpha value is -0.680. The van der Waals surface area contributed by atoms with Crippen LogP contribution in [0.1, 0.15) is 40.0 Å². The van der Waals surface area contributed by atoms with Crippen molar-refractivity contribution in [3.8, 4) is 0 Å². The van der Waals surface area contributed by atoms with Crippen LogP contribution in [0.25, 0.3) is 0 Å². The monoisotopic (exact) mass is 305 g/mol. The number of aliphatic hydroxyl groups is 1. The number of nitrogens with one attached hydrogen (secondary N) is 1. The molecule has 1 aliphatic carbocycles. The van der Waals surface area contributed by atoms with Crippen molar-refractivity contribution in [1.82, 2.24) is 5.32 Å². The predicted molar refractivity (Wildman–Crippen MR) is 75.9 cm³/mol. The van der Waals surface area contributed by atoms with E-state index in [4.69, 9.17) is 9.79 Å². The molecule has 0 saturated heterocycles. The van der Waals surface area contributed by atoms with Crippen molar-refractivity contribution in [2.24, 2.45) is 11.8 Å². The summed E-state index contributed by atoms with van der Waals surface area (Å²) < 4.78 is 11.2. The highest BCUT2D eigenvalue weighted by atomic mass is 31.2. The van der Waals surface area contributed by atoms with Gasteiger partial charge in [0.2, 0.25) is 5.91 Å². The lowest BCUT2D eigenvalue weighted by molar-refractivity contribution is -0.120. The SMILES string of the molecule is CC(=O)N[C@@H](CC(C)C)[C@H]1CC=C(P(=O)(O)O)C[C@H]1O. The van der Waals surface area contributed by atoms with Crippen LogP contribution in [-0.2, 0) is 9.36 Å². The minimum Gasteiger partial charge on any atom is -0.392 e. The number of hydrogen-bond acceptors (Lipinski definition) is 3. The maximum Gasteiger partial charge on any atom is 0.351 e. The van der Waals surface area contributed by atoms with Gasteiger partial charge in [0, 0.05) is 30.6 Å². The summed E-state index contributed by atoms with van der Waals surface area (Å²) in [6.07, 6.45) is 1.70. The molecule has 6 nitrogen and oxygen atoms in total. The van der Waals surface area contributed by atoms with Crippen molar-refractivity contribution >= 4 is 13.5 Å². The van der Waals surface area contributed by atoms with Crippen LogP contribution in [-0.4, -0.2) is 32.9 Å². The molecule has 20 heavy (non-hydrogen) atoms. The van der Waals surface area contributed by atoms with E-state index < -0.39 is 13.7 Å². The maximum atomic E-state index is 11.3. The molecule has 1 aliphatic rings. The molecule has 4 N–H and O–H groups in total. The maximum absolute atomic E-state index is 11.3. The molecule has 0 aliphatic heterocycles. The van der Waals surface area contributed by atoms with E-state index in [1.165, 1.54) is 13.0 Å². The van der Waals surface area contributed by atoms with E-state index >= 15 is 0 Å². The third-order valence-electron chi connectivity index (χ3n) is 3.54. The van der Waals surface area contributed by atoms with Crippen molar-refractivity contribution < 1.29 is 24.3 Å². The van der Waals surface area contributed by atoms with E-state index in [-0.39, 0.29) is 29.6 Å². The Labute approximate surface area is 119 Å². The number of aliphatic hydroxyl groups excluding tert-OH is 1. The van der Waals surface area contributed by atoms with Crippen LogP contribution < -0.4 is 5.32 Å². The summed E-state index contributed by atoms with van der Waals surface area (Å²) in [4.78, 5) is 29.6. The molecule has 0 aromatic carbocycles. The Morgan fingerprint density at radius 2 is 2.10 bits per heavy atom. The Bertz CT molecular complexity index is 428. The summed E-state index contributed by atoms with van der Waals surface area (Å²) in [5.41, 5.74) is 0. The van der Waals surface area contributed by atoms with Crippen molar-refractivity contribution in [3.05, 3.63) is 11.4 Å². The molecule has 3 atom stereocenters. The minimum absolute atomic E-state index is 0.00706. The van der Waals surface area contributed by atoms with Gasteiger partial charge in [-0.3, -0.25) is 9.36 Å². The molecule has 0 radical (unpaired) electrons. The second kappa shape index (κ2) is 6.85. The summed E-state index contributed by atoms with van der Waals surface area (Å²) >= 11 is 0. The third-order valence-corrected chi connectivity index (χ3v) is 4.66. The van der Waals surface area contributed by atoms with Crippen LogP contribution >= 0.6 is 7.60 Å². The summed E-state index contributed by atoms with van der Waals surface area (Å²) in [6, 6.07) is -0.183. The van der Waals surface area contributed by atoms with Gasteiger partial charge in [0.15, 0.2) is 0 Å². The second-order valence-electron chi connectivity index (χ2n) is 5.85. The Morgan fingerprint density at radius 3 is 2.50 bits per heavy atom. The largest absolute Gasteiger partial charge is 0.392 e. The van der Waals surface area contributed by atoms with Crippen molar-refractivity contribution in [3.63, 3.8) is 0 Å². The highest BCUT2D eigenvalue weighted by molar-refractivity contribution is 7.56. The van der Waals surface area contributed by atoms with Crippen LogP contribution in [0.3, 0.4) is 0 Å². The molecule has 0 aromatic rings. The van der Waals surface area contributed by atoms with Crippen LogP contribution in [0.15, 0.2) is 11.4 Å². The first-order valence-corrected chi connectivity index (χ1v) is 8.42. The van der Waals surface area contributed by atoms with Gasteiger partial charge in [0.25, 0.3) is 0 Å². The molecule has 0 unspecified atom stereocenters. The topological polar surface area (TPSA) is 107 Å². The van der Waals surface area contributed by atoms with E-state index in [0.717, 1.165) is 6.42 Å². The van der Waals surface area contributed by atoms with Gasteiger partial charge in [-0.05, 0) is 18.8 Å². The lowest BCUT2D eigenvalue weighted by Gasteiger charge is -2.35. The van der Waals surface area contributed by atoms with Gasteiger partial charge in [0.1, 0.15) is 0 Å². The third kappa shape index (κ3) is 5.02. The van der Waals surface area contributed by atoms with Crippen molar-refractivity contribution in [1.29, 1.82) is 0 Å². The molecule has 0 saturated carbocycles. The van der Waals surface area contributed by atoms with E-state index in [1.807, 2.05) is 13.8 Å². The highest BCUT2D eigenvalue weighted by Gasteiger charge is 2.36. The van der Waals surface area contributed by atoms with Crippen LogP contribution in [0, 0.1) is 11.8 Å². The van der Waals surface area contributed by atoms with Crippen LogP contribution in [0.2, 0.25) is 0 Å². The Morgan fingerprint density at radius 1 is 1.50 bits per heavy atom. The normalized spacial score (nSPS) is 25.2. The highest BCUT2D eigenvalue weighted by Crippen LogP contribution is 2.50. The zero-order valence-corrected chi connectivity index (χ0v) is 13.0. The van der Waals surface area contributed by atoms with Gasteiger partial charge in [-0.1, -0.05) is 19.9 Å². The van der Waals surface area contributed by atoms with E-state index in [1.54, 1.807) is 0 Å². The first-order valence-electron chi connectivity index (χ1n) is 6.81. The quantitative estimate of drug-likeness (QED) is 0.574. The second-order valence-corrected chi connectivity index (χ2v) is 7.51. The molecular formula is C13H24NO5P. The van der Waals surface area contributed by atoms with Gasteiger partial charge < -0.3 is 20.2 Å². The number of carbonyl (C=O) groups excluding carboxylic acids is 1. The summed E-state index contributed by atoms with van der Waals surface area (Å²) in [5, 5.41) is 13.0. The molecule has 0 fully saturated rings. The van der Waals surface area contributed by atoms with Gasteiger partial charge in [0.05, 0.1) is 6.10 Å². The number of hydrogen-bond donors (Lipinski definition) is 4. The average molecular weight is 305 g/mol. The number of carbonyl (C=O) groups is 1. The first-order chi connectivity index (χ1) is 9.11. The molecule has 0 aromatic heterocycles. The lowest BCUT2D eigenvalue weighted by atomic mass is 9.81. The molecule has 7 heteroatoms. The Kier molecular flexibility index (Phi) is 5.95. The fourth-order valence-corrected chi connectivity index (χ4v) is 3.43. The van der Waals surface area contributed by atoms with Gasteiger partial charge >= 0.3 is 7.60 Å². The smallest absolute Gasteiger partial charge is 0.351 e. The molecule has 0 bridgehead atoms. The molecular weight excluding hydrogens is 281 g/mol. The van der Waals surface area contributed by atoms with Gasteiger partial charge in [-0.2, -0.15) is 0 Å². The average Bonchev–Trinajstić information content (AvgIpc) is 2.25. The lowest BCUT2D eigenvalue weighted by Crippen LogP contribution is -2.45. The minimum atomic E-state index is -4.28. The molecule has 0 heterocycles. The fourth-order valence-electron chi connectivity index (χ4n) is 2.66. The molecule has 1 amide bonds. The summed E-state index contributed by atoms with van der Waals surface area (Å²) in [5.74, 6) is -0.0181. The fraction of sp³-hybridized carbons (Fsp3) is 0.769. The zero-order chi connectivity index (χ0) is 15.5. The zero-order valence-electron chi connectivity index (χ0n) is 12.1. The number of amides is 1. The van der Waals surface area contributed by atoms with Crippen LogP contribution in [0.4, 0.5) is 0 Å². The molecule has 116 valence electrons. The van der Waals surface area contributed by atoms with E-state index in [0.29, 0.717) is 12.3 Å². The number of allylic oxidation sites excluding steroid dienone is 1. The van der Waals surface area contributed by atoms with Gasteiger partial charge in [-0.25, -0.2) is 0 Å². The standard InChI is InChI=1S/C13H24NO5P/c1-8(2)6-12(14-9(3)15)11-5-4-10(7-13(11)16)20(17,18)19/h4,8,11-13,16H,5-7H2,1-3H3,(H,14,15)(H2,17,18,19)/t11-,12+,13-/m1/s1. The van der Waals surface area contributed by atoms with E-state index in [2.05, 4.69) is 5.32 Å². The predicted octanol–water partition coefficient (Wildman–Crippen LogP) is 1.37. The Balaban J connectivity index is 2.85. The van der Waals surface area contributed by atoms with Crippen LogP contribution in [0.5, 0.6) is 0 Å². The van der Waals surface area contributed by atoms with E-state index in [9.17, 15) is 14.5 Å². The molecule has 1 rings (SSSR count). The van der Waals surface area contributed by atoms with Crippen molar-refractivity contribution in [2.75, 3.05) is 0 Å². The van der Waals surface area contributed by atoms with Crippen molar-refractivity contribution in [2.45, 2.75) is 52.2 Å². The van der Waals surface area contributed by atoms with Gasteiger partial charge in [-0.15, -0.1) is 0 Å². The number of rotatable bonds is 5. The summed E-state index contributed by atoms with van der Waals surface area (Å²) in [7, 11) is -4.28. The first kappa shape index (κ1) is 17.4. The molecule has 0 spiro atoms.